The van der Waals surface area contributed by atoms with Gasteiger partial charge in [0.15, 0.2) is 0 Å². The van der Waals surface area contributed by atoms with Crippen LogP contribution in [0.3, 0.4) is 0 Å². The molecule has 4 nitrogen and oxygen atoms in total. The number of carbonyl (C=O) groups is 1. The van der Waals surface area contributed by atoms with Gasteiger partial charge >= 0.3 is 5.97 Å². The lowest BCUT2D eigenvalue weighted by molar-refractivity contribution is -0.146. The number of likely N-dealkylation sites (tertiary alicyclic amines) is 1. The van der Waals surface area contributed by atoms with Gasteiger partial charge in [-0.2, -0.15) is 0 Å². The Morgan fingerprint density at radius 1 is 1.29 bits per heavy atom. The van der Waals surface area contributed by atoms with Gasteiger partial charge < -0.3 is 9.84 Å². The maximum absolute atomic E-state index is 11.4. The summed E-state index contributed by atoms with van der Waals surface area (Å²) in [5, 5.41) is 9.38. The molecule has 0 aliphatic carbocycles. The van der Waals surface area contributed by atoms with Crippen molar-refractivity contribution in [1.82, 2.24) is 4.90 Å². The number of hydrogen-bond donors (Lipinski definition) is 1. The SMILES string of the molecule is COC(C)(C)CC(C(=O)O)N1CCCCCC1. The molecule has 0 bridgehead atoms. The fourth-order valence-electron chi connectivity index (χ4n) is 2.33. The van der Waals surface area contributed by atoms with Crippen LogP contribution in [0, 0.1) is 0 Å². The van der Waals surface area contributed by atoms with Crippen LogP contribution in [0.25, 0.3) is 0 Å². The molecular weight excluding hydrogens is 218 g/mol. The van der Waals surface area contributed by atoms with Crippen molar-refractivity contribution in [2.75, 3.05) is 20.2 Å². The number of methoxy groups -OCH3 is 1. The Morgan fingerprint density at radius 3 is 2.24 bits per heavy atom. The van der Waals surface area contributed by atoms with E-state index in [0.717, 1.165) is 25.9 Å². The highest BCUT2D eigenvalue weighted by Crippen LogP contribution is 2.22. The normalized spacial score (nSPS) is 20.9. The summed E-state index contributed by atoms with van der Waals surface area (Å²) >= 11 is 0. The number of carboxylic acids is 1. The predicted molar refractivity (Wildman–Crippen MR) is 67.2 cm³/mol. The van der Waals surface area contributed by atoms with Gasteiger partial charge in [-0.3, -0.25) is 9.69 Å². The molecule has 1 aliphatic rings. The molecular formula is C13H25NO3. The maximum Gasteiger partial charge on any atom is 0.321 e. The van der Waals surface area contributed by atoms with E-state index in [1.807, 2.05) is 13.8 Å². The molecule has 0 amide bonds. The molecule has 17 heavy (non-hydrogen) atoms. The van der Waals surface area contributed by atoms with E-state index < -0.39 is 12.0 Å². The van der Waals surface area contributed by atoms with E-state index in [9.17, 15) is 9.90 Å². The maximum atomic E-state index is 11.4. The number of carboxylic acid groups (broad SMARTS) is 1. The minimum atomic E-state index is -0.725. The third-order valence-corrected chi connectivity index (χ3v) is 3.60. The summed E-state index contributed by atoms with van der Waals surface area (Å²) in [6, 6.07) is -0.414. The van der Waals surface area contributed by atoms with Crippen molar-refractivity contribution in [2.24, 2.45) is 0 Å². The van der Waals surface area contributed by atoms with Crippen LogP contribution in [0.5, 0.6) is 0 Å². The zero-order valence-corrected chi connectivity index (χ0v) is 11.2. The van der Waals surface area contributed by atoms with Crippen LogP contribution < -0.4 is 0 Å². The number of ether oxygens (including phenoxy) is 1. The molecule has 0 spiro atoms. The summed E-state index contributed by atoms with van der Waals surface area (Å²) in [6.45, 7) is 5.69. The van der Waals surface area contributed by atoms with Crippen LogP contribution in [0.1, 0.15) is 46.0 Å². The van der Waals surface area contributed by atoms with Gasteiger partial charge in [-0.05, 0) is 39.8 Å². The molecule has 0 aromatic rings. The molecule has 1 N–H and O–H groups in total. The molecule has 1 atom stereocenters. The van der Waals surface area contributed by atoms with Crippen molar-refractivity contribution in [3.05, 3.63) is 0 Å². The van der Waals surface area contributed by atoms with Gasteiger partial charge in [-0.15, -0.1) is 0 Å². The van der Waals surface area contributed by atoms with Gasteiger partial charge in [-0.1, -0.05) is 12.8 Å². The lowest BCUT2D eigenvalue weighted by atomic mass is 9.97. The molecule has 0 aromatic carbocycles. The van der Waals surface area contributed by atoms with E-state index in [4.69, 9.17) is 4.74 Å². The van der Waals surface area contributed by atoms with Crippen LogP contribution in [0.15, 0.2) is 0 Å². The number of aliphatic carboxylic acids is 1. The topological polar surface area (TPSA) is 49.8 Å². The van der Waals surface area contributed by atoms with Crippen LogP contribution in [-0.4, -0.2) is 47.8 Å². The highest BCUT2D eigenvalue weighted by molar-refractivity contribution is 5.73. The molecule has 0 aromatic heterocycles. The summed E-state index contributed by atoms with van der Waals surface area (Å²) in [5.74, 6) is -0.725. The largest absolute Gasteiger partial charge is 0.480 e. The van der Waals surface area contributed by atoms with E-state index in [0.29, 0.717) is 6.42 Å². The number of hydrogen-bond acceptors (Lipinski definition) is 3. The fourth-order valence-corrected chi connectivity index (χ4v) is 2.33. The first-order chi connectivity index (χ1) is 7.96. The Kier molecular flexibility index (Phi) is 5.40. The van der Waals surface area contributed by atoms with Gasteiger partial charge in [-0.25, -0.2) is 0 Å². The average molecular weight is 243 g/mol. The molecule has 1 unspecified atom stereocenters. The van der Waals surface area contributed by atoms with E-state index in [1.165, 1.54) is 12.8 Å². The lowest BCUT2D eigenvalue weighted by Crippen LogP contribution is -2.46. The highest BCUT2D eigenvalue weighted by Gasteiger charge is 2.32. The molecule has 100 valence electrons. The van der Waals surface area contributed by atoms with Crippen molar-refractivity contribution in [3.8, 4) is 0 Å². The van der Waals surface area contributed by atoms with Crippen LogP contribution in [0.2, 0.25) is 0 Å². The third-order valence-electron chi connectivity index (χ3n) is 3.60. The zero-order valence-electron chi connectivity index (χ0n) is 11.2. The summed E-state index contributed by atoms with van der Waals surface area (Å²) in [7, 11) is 1.64. The third kappa shape index (κ3) is 4.64. The molecule has 4 heteroatoms. The Balaban J connectivity index is 2.67. The van der Waals surface area contributed by atoms with Crippen molar-refractivity contribution >= 4 is 5.97 Å². The first-order valence-electron chi connectivity index (χ1n) is 6.48. The Labute approximate surface area is 104 Å². The zero-order chi connectivity index (χ0) is 12.9. The Bertz CT molecular complexity index is 245. The van der Waals surface area contributed by atoms with Crippen molar-refractivity contribution < 1.29 is 14.6 Å². The predicted octanol–water partition coefficient (Wildman–Crippen LogP) is 2.13. The van der Waals surface area contributed by atoms with E-state index in [1.54, 1.807) is 7.11 Å². The second kappa shape index (κ2) is 6.36. The first-order valence-corrected chi connectivity index (χ1v) is 6.48. The Morgan fingerprint density at radius 2 is 1.82 bits per heavy atom. The van der Waals surface area contributed by atoms with Crippen molar-refractivity contribution in [2.45, 2.75) is 57.6 Å². The van der Waals surface area contributed by atoms with Crippen molar-refractivity contribution in [3.63, 3.8) is 0 Å². The van der Waals surface area contributed by atoms with Gasteiger partial charge in [0.25, 0.3) is 0 Å². The molecule has 1 fully saturated rings. The second-order valence-corrected chi connectivity index (χ2v) is 5.47. The number of nitrogens with zero attached hydrogens (tertiary/aromatic N) is 1. The van der Waals surface area contributed by atoms with Crippen LogP contribution in [0.4, 0.5) is 0 Å². The van der Waals surface area contributed by atoms with E-state index in [2.05, 4.69) is 4.90 Å². The summed E-state index contributed by atoms with van der Waals surface area (Å²) < 4.78 is 5.35. The molecule has 1 rings (SSSR count). The van der Waals surface area contributed by atoms with Gasteiger partial charge in [0.05, 0.1) is 5.60 Å². The smallest absolute Gasteiger partial charge is 0.321 e. The van der Waals surface area contributed by atoms with Gasteiger partial charge in [0.2, 0.25) is 0 Å². The minimum absolute atomic E-state index is 0.380. The quantitative estimate of drug-likeness (QED) is 0.803. The molecule has 1 aliphatic heterocycles. The van der Waals surface area contributed by atoms with Gasteiger partial charge in [0, 0.05) is 13.5 Å². The summed E-state index contributed by atoms with van der Waals surface area (Å²) in [5.41, 5.74) is -0.380. The Hall–Kier alpha value is -0.610. The van der Waals surface area contributed by atoms with E-state index in [-0.39, 0.29) is 5.60 Å². The van der Waals surface area contributed by atoms with E-state index >= 15 is 0 Å². The molecule has 1 saturated heterocycles. The standard InChI is InChI=1S/C13H25NO3/c1-13(2,17-3)10-11(12(15)16)14-8-6-4-5-7-9-14/h11H,4-10H2,1-3H3,(H,15,16). The van der Waals surface area contributed by atoms with Gasteiger partial charge in [0.1, 0.15) is 6.04 Å². The summed E-state index contributed by atoms with van der Waals surface area (Å²) in [6.07, 6.45) is 5.19. The average Bonchev–Trinajstić information content (AvgIpc) is 2.54. The molecule has 0 saturated carbocycles. The fraction of sp³-hybridized carbons (Fsp3) is 0.923. The molecule has 1 heterocycles. The first kappa shape index (κ1) is 14.5. The molecule has 0 radical (unpaired) electrons. The van der Waals surface area contributed by atoms with Crippen molar-refractivity contribution in [1.29, 1.82) is 0 Å². The lowest BCUT2D eigenvalue weighted by Gasteiger charge is -2.33. The summed E-state index contributed by atoms with van der Waals surface area (Å²) in [4.78, 5) is 13.5. The second-order valence-electron chi connectivity index (χ2n) is 5.47. The number of rotatable bonds is 5. The van der Waals surface area contributed by atoms with Crippen LogP contribution in [-0.2, 0) is 9.53 Å². The van der Waals surface area contributed by atoms with Crippen LogP contribution >= 0.6 is 0 Å². The monoisotopic (exact) mass is 243 g/mol. The minimum Gasteiger partial charge on any atom is -0.480 e. The highest BCUT2D eigenvalue weighted by atomic mass is 16.5.